The number of ether oxygens (including phenoxy) is 1. The largest absolute Gasteiger partial charge is 0.504 e. The number of rotatable bonds is 6. The lowest BCUT2D eigenvalue weighted by molar-refractivity contribution is -0.385. The highest BCUT2D eigenvalue weighted by Crippen LogP contribution is 2.35. The van der Waals surface area contributed by atoms with Gasteiger partial charge in [-0.1, -0.05) is 0 Å². The number of hydrazone groups is 1. The number of nitrogens with one attached hydrogen (secondary N) is 1. The molecule has 28 heavy (non-hydrogen) atoms. The molecule has 148 valence electrons. The van der Waals surface area contributed by atoms with Gasteiger partial charge in [-0.2, -0.15) is 18.3 Å². The lowest BCUT2D eigenvalue weighted by Gasteiger charge is -2.08. The Bertz CT molecular complexity index is 962. The Hall–Kier alpha value is -3.90. The van der Waals surface area contributed by atoms with Gasteiger partial charge in [0, 0.05) is 17.7 Å². The molecular formula is C15H11F3N4O6. The fourth-order valence-electron chi connectivity index (χ4n) is 2.10. The molecule has 2 aromatic rings. The number of nitrogens with zero attached hydrogens (tertiary/aromatic N) is 3. The molecule has 0 heterocycles. The van der Waals surface area contributed by atoms with Crippen molar-refractivity contribution < 1.29 is 32.9 Å². The van der Waals surface area contributed by atoms with Crippen molar-refractivity contribution in [1.29, 1.82) is 0 Å². The number of alkyl halides is 3. The van der Waals surface area contributed by atoms with E-state index in [9.17, 15) is 38.5 Å². The quantitative estimate of drug-likeness (QED) is 0.428. The number of methoxy groups -OCH3 is 1. The molecule has 0 aromatic heterocycles. The van der Waals surface area contributed by atoms with Gasteiger partial charge in [0.15, 0.2) is 11.5 Å². The van der Waals surface area contributed by atoms with Crippen LogP contribution in [0.25, 0.3) is 0 Å². The standard InChI is InChI=1S/C15H11F3N4O6/c1-28-13-6-10(21(24)25)4-8(14(13)23)7-19-20-11-3-2-9(15(16,17)18)5-12(11)22(26)27/h2-7,20,23H,1H3/b19-7-. The Morgan fingerprint density at radius 3 is 2.39 bits per heavy atom. The fraction of sp³-hybridized carbons (Fsp3) is 0.133. The molecule has 0 amide bonds. The topological polar surface area (TPSA) is 140 Å². The van der Waals surface area contributed by atoms with Gasteiger partial charge in [0.25, 0.3) is 11.4 Å². The third kappa shape index (κ3) is 4.44. The molecule has 2 aromatic carbocycles. The van der Waals surface area contributed by atoms with Crippen LogP contribution in [0, 0.1) is 20.2 Å². The van der Waals surface area contributed by atoms with Crippen LogP contribution >= 0.6 is 0 Å². The Kier molecular flexibility index (Phi) is 5.67. The van der Waals surface area contributed by atoms with Crippen LogP contribution in [0.1, 0.15) is 11.1 Å². The Morgan fingerprint density at radius 1 is 1.18 bits per heavy atom. The highest BCUT2D eigenvalue weighted by Gasteiger charge is 2.33. The summed E-state index contributed by atoms with van der Waals surface area (Å²) in [5.74, 6) is -0.697. The van der Waals surface area contributed by atoms with Gasteiger partial charge in [-0.15, -0.1) is 0 Å². The molecule has 0 spiro atoms. The molecule has 13 heteroatoms. The van der Waals surface area contributed by atoms with E-state index in [1.165, 1.54) is 7.11 Å². The van der Waals surface area contributed by atoms with E-state index in [1.54, 1.807) is 0 Å². The van der Waals surface area contributed by atoms with E-state index < -0.39 is 38.7 Å². The molecule has 0 radical (unpaired) electrons. The number of hydrogen-bond donors (Lipinski definition) is 2. The summed E-state index contributed by atoms with van der Waals surface area (Å²) in [6.45, 7) is 0. The van der Waals surface area contributed by atoms with Gasteiger partial charge in [0.2, 0.25) is 0 Å². The van der Waals surface area contributed by atoms with Gasteiger partial charge in [0.05, 0.1) is 34.8 Å². The molecular weight excluding hydrogens is 389 g/mol. The van der Waals surface area contributed by atoms with Crippen LogP contribution < -0.4 is 10.2 Å². The first-order valence-corrected chi connectivity index (χ1v) is 7.24. The number of phenolic OH excluding ortho intramolecular Hbond substituents is 1. The average Bonchev–Trinajstić information content (AvgIpc) is 2.62. The maximum Gasteiger partial charge on any atom is 0.416 e. The molecule has 0 aliphatic heterocycles. The third-order valence-corrected chi connectivity index (χ3v) is 3.43. The molecule has 0 atom stereocenters. The predicted molar refractivity (Wildman–Crippen MR) is 90.6 cm³/mol. The third-order valence-electron chi connectivity index (χ3n) is 3.43. The maximum absolute atomic E-state index is 12.7. The molecule has 2 N–H and O–H groups in total. The molecule has 0 unspecified atom stereocenters. The van der Waals surface area contributed by atoms with E-state index in [0.717, 1.165) is 24.4 Å². The molecule has 0 saturated carbocycles. The van der Waals surface area contributed by atoms with Gasteiger partial charge < -0.3 is 9.84 Å². The number of aromatic hydroxyl groups is 1. The van der Waals surface area contributed by atoms with Crippen LogP contribution in [-0.4, -0.2) is 28.3 Å². The van der Waals surface area contributed by atoms with Crippen molar-refractivity contribution in [1.82, 2.24) is 0 Å². The van der Waals surface area contributed by atoms with E-state index in [-0.39, 0.29) is 17.0 Å². The zero-order valence-corrected chi connectivity index (χ0v) is 13.9. The van der Waals surface area contributed by atoms with Crippen molar-refractivity contribution >= 4 is 23.3 Å². The van der Waals surface area contributed by atoms with E-state index >= 15 is 0 Å². The van der Waals surface area contributed by atoms with Crippen molar-refractivity contribution in [3.8, 4) is 11.5 Å². The molecule has 2 rings (SSSR count). The Morgan fingerprint density at radius 2 is 1.86 bits per heavy atom. The number of nitro groups is 2. The van der Waals surface area contributed by atoms with Crippen LogP contribution in [0.3, 0.4) is 0 Å². The number of non-ortho nitro benzene ring substituents is 1. The first kappa shape index (κ1) is 20.4. The minimum atomic E-state index is -4.77. The average molecular weight is 400 g/mol. The fourth-order valence-corrected chi connectivity index (χ4v) is 2.10. The monoisotopic (exact) mass is 400 g/mol. The maximum atomic E-state index is 12.7. The number of benzene rings is 2. The minimum absolute atomic E-state index is 0.159. The van der Waals surface area contributed by atoms with Crippen LogP contribution in [-0.2, 0) is 6.18 Å². The number of hydrogen-bond acceptors (Lipinski definition) is 8. The Labute approximate surface area is 154 Å². The lowest BCUT2D eigenvalue weighted by Crippen LogP contribution is -2.06. The van der Waals surface area contributed by atoms with Crippen LogP contribution in [0.5, 0.6) is 11.5 Å². The SMILES string of the molecule is COc1cc([N+](=O)[O-])cc(/C=N\Nc2ccc(C(F)(F)F)cc2[N+](=O)[O-])c1O. The first-order chi connectivity index (χ1) is 13.0. The minimum Gasteiger partial charge on any atom is -0.504 e. The number of halogens is 3. The molecule has 0 bridgehead atoms. The van der Waals surface area contributed by atoms with E-state index in [0.29, 0.717) is 12.1 Å². The smallest absolute Gasteiger partial charge is 0.416 e. The van der Waals surface area contributed by atoms with Crippen LogP contribution in [0.2, 0.25) is 0 Å². The summed E-state index contributed by atoms with van der Waals surface area (Å²) < 4.78 is 42.9. The lowest BCUT2D eigenvalue weighted by atomic mass is 10.1. The Balaban J connectivity index is 2.36. The van der Waals surface area contributed by atoms with Crippen molar-refractivity contribution in [2.45, 2.75) is 6.18 Å². The molecule has 10 nitrogen and oxygen atoms in total. The number of nitro benzene ring substituents is 2. The molecule has 0 aliphatic carbocycles. The summed E-state index contributed by atoms with van der Waals surface area (Å²) in [6.07, 6.45) is -3.87. The second-order valence-electron chi connectivity index (χ2n) is 5.20. The summed E-state index contributed by atoms with van der Waals surface area (Å²) in [6, 6.07) is 3.71. The second kappa shape index (κ2) is 7.77. The predicted octanol–water partition coefficient (Wildman–Crippen LogP) is 3.68. The van der Waals surface area contributed by atoms with Crippen molar-refractivity contribution in [3.63, 3.8) is 0 Å². The van der Waals surface area contributed by atoms with Gasteiger partial charge >= 0.3 is 6.18 Å². The number of anilines is 1. The molecule has 0 aliphatic rings. The molecule has 0 saturated heterocycles. The van der Waals surface area contributed by atoms with E-state index in [2.05, 4.69) is 10.5 Å². The van der Waals surface area contributed by atoms with Crippen LogP contribution in [0.4, 0.5) is 30.2 Å². The van der Waals surface area contributed by atoms with E-state index in [4.69, 9.17) is 4.74 Å². The van der Waals surface area contributed by atoms with Crippen molar-refractivity contribution in [2.75, 3.05) is 12.5 Å². The summed E-state index contributed by atoms with van der Waals surface area (Å²) in [5, 5.41) is 35.5. The van der Waals surface area contributed by atoms with E-state index in [1.807, 2.05) is 0 Å². The summed E-state index contributed by atoms with van der Waals surface area (Å²) in [4.78, 5) is 20.1. The van der Waals surface area contributed by atoms with Crippen molar-refractivity contribution in [2.24, 2.45) is 5.10 Å². The van der Waals surface area contributed by atoms with Gasteiger partial charge in [-0.3, -0.25) is 25.7 Å². The van der Waals surface area contributed by atoms with Gasteiger partial charge in [-0.25, -0.2) is 0 Å². The zero-order valence-electron chi connectivity index (χ0n) is 13.9. The molecule has 0 fully saturated rings. The number of phenols is 1. The summed E-state index contributed by atoms with van der Waals surface area (Å²) >= 11 is 0. The normalized spacial score (nSPS) is 11.4. The first-order valence-electron chi connectivity index (χ1n) is 7.24. The highest BCUT2D eigenvalue weighted by molar-refractivity contribution is 5.87. The second-order valence-corrected chi connectivity index (χ2v) is 5.20. The summed E-state index contributed by atoms with van der Waals surface area (Å²) in [7, 11) is 1.17. The van der Waals surface area contributed by atoms with Crippen molar-refractivity contribution in [3.05, 3.63) is 61.7 Å². The highest BCUT2D eigenvalue weighted by atomic mass is 19.4. The summed E-state index contributed by atoms with van der Waals surface area (Å²) in [5.41, 5.74) is -0.855. The van der Waals surface area contributed by atoms with Gasteiger partial charge in [-0.05, 0) is 12.1 Å². The van der Waals surface area contributed by atoms with Crippen LogP contribution in [0.15, 0.2) is 35.4 Å². The van der Waals surface area contributed by atoms with Gasteiger partial charge in [0.1, 0.15) is 5.69 Å². The zero-order chi connectivity index (χ0) is 21.1.